The molecule has 0 bridgehead atoms. The molecular formula is C26H24ClN3O3. The summed E-state index contributed by atoms with van der Waals surface area (Å²) >= 11 is 6.29. The Bertz CT molecular complexity index is 1320. The Balaban J connectivity index is 1.56. The van der Waals surface area contributed by atoms with Crippen LogP contribution in [0.3, 0.4) is 0 Å². The number of carbonyl (C=O) groups excluding carboxylic acids is 1. The van der Waals surface area contributed by atoms with E-state index in [1.165, 1.54) is 5.56 Å². The van der Waals surface area contributed by atoms with Gasteiger partial charge in [0.2, 0.25) is 0 Å². The first-order chi connectivity index (χ1) is 16.1. The van der Waals surface area contributed by atoms with E-state index < -0.39 is 0 Å². The third-order valence-electron chi connectivity index (χ3n) is 6.10. The fourth-order valence-electron chi connectivity index (χ4n) is 4.51. The van der Waals surface area contributed by atoms with Gasteiger partial charge in [-0.25, -0.2) is 4.79 Å². The van der Waals surface area contributed by atoms with E-state index in [0.717, 1.165) is 34.3 Å². The maximum Gasteiger partial charge on any atom is 0.322 e. The molecule has 1 atom stereocenters. The minimum absolute atomic E-state index is 0.175. The number of benzene rings is 3. The van der Waals surface area contributed by atoms with Crippen molar-refractivity contribution in [1.29, 1.82) is 0 Å². The highest BCUT2D eigenvalue weighted by molar-refractivity contribution is 6.31. The molecule has 0 saturated heterocycles. The summed E-state index contributed by atoms with van der Waals surface area (Å²) in [6.07, 6.45) is 0.730. The quantitative estimate of drug-likeness (QED) is 0.390. The molecule has 0 unspecified atom stereocenters. The third kappa shape index (κ3) is 3.98. The van der Waals surface area contributed by atoms with E-state index in [9.17, 15) is 4.79 Å². The van der Waals surface area contributed by atoms with Crippen LogP contribution in [-0.4, -0.2) is 36.7 Å². The number of nitrogens with one attached hydrogen (secondary N) is 2. The molecule has 0 spiro atoms. The number of hydrogen-bond acceptors (Lipinski definition) is 3. The van der Waals surface area contributed by atoms with Crippen LogP contribution in [0, 0.1) is 0 Å². The number of anilines is 1. The van der Waals surface area contributed by atoms with Gasteiger partial charge in [0.1, 0.15) is 11.5 Å². The molecule has 1 aliphatic rings. The molecule has 6 nitrogen and oxygen atoms in total. The highest BCUT2D eigenvalue weighted by Gasteiger charge is 2.34. The Labute approximate surface area is 197 Å². The minimum atomic E-state index is -0.281. The maximum absolute atomic E-state index is 13.5. The molecule has 2 N–H and O–H groups in total. The highest BCUT2D eigenvalue weighted by atomic mass is 35.5. The molecule has 2 amide bonds. The number of halogens is 1. The van der Waals surface area contributed by atoms with Crippen LogP contribution < -0.4 is 14.8 Å². The number of hydrogen-bond donors (Lipinski definition) is 2. The van der Waals surface area contributed by atoms with Crippen LogP contribution in [0.4, 0.5) is 10.5 Å². The van der Waals surface area contributed by atoms with Crippen molar-refractivity contribution in [2.45, 2.75) is 12.5 Å². The first-order valence-electron chi connectivity index (χ1n) is 10.7. The summed E-state index contributed by atoms with van der Waals surface area (Å²) < 4.78 is 10.6. The first kappa shape index (κ1) is 21.2. The van der Waals surface area contributed by atoms with Gasteiger partial charge in [0.25, 0.3) is 0 Å². The van der Waals surface area contributed by atoms with Crippen molar-refractivity contribution < 1.29 is 14.3 Å². The fourth-order valence-corrected chi connectivity index (χ4v) is 4.68. The first-order valence-corrected chi connectivity index (χ1v) is 11.1. The van der Waals surface area contributed by atoms with E-state index in [2.05, 4.69) is 10.3 Å². The molecule has 5 rings (SSSR count). The lowest BCUT2D eigenvalue weighted by Crippen LogP contribution is -2.43. The standard InChI is InChI=1S/C26H24ClN3O3/c1-32-19-9-6-16(7-10-19)25-24-21(22-14-17(27)8-11-23(22)29-24)12-13-30(25)26(31)28-18-4-3-5-20(15-18)33-2/h3-11,14-15,25,29H,12-13H2,1-2H3,(H,28,31)/t25-/m1/s1. The van der Waals surface area contributed by atoms with Crippen LogP contribution in [-0.2, 0) is 6.42 Å². The average molecular weight is 462 g/mol. The van der Waals surface area contributed by atoms with Crippen LogP contribution >= 0.6 is 11.6 Å². The van der Waals surface area contributed by atoms with Crippen LogP contribution in [0.15, 0.2) is 66.7 Å². The molecule has 0 fully saturated rings. The normalized spacial score (nSPS) is 15.2. The predicted molar refractivity (Wildman–Crippen MR) is 131 cm³/mol. The van der Waals surface area contributed by atoms with Crippen molar-refractivity contribution >= 4 is 34.2 Å². The zero-order chi connectivity index (χ0) is 22.9. The zero-order valence-corrected chi connectivity index (χ0v) is 19.1. The lowest BCUT2D eigenvalue weighted by molar-refractivity contribution is 0.193. The molecule has 4 aromatic rings. The molecule has 168 valence electrons. The van der Waals surface area contributed by atoms with Gasteiger partial charge >= 0.3 is 6.03 Å². The van der Waals surface area contributed by atoms with Gasteiger partial charge in [-0.2, -0.15) is 0 Å². The van der Waals surface area contributed by atoms with Gasteiger partial charge in [-0.3, -0.25) is 0 Å². The number of methoxy groups -OCH3 is 2. The van der Waals surface area contributed by atoms with Crippen LogP contribution in [0.25, 0.3) is 10.9 Å². The van der Waals surface area contributed by atoms with E-state index in [0.29, 0.717) is 23.0 Å². The second kappa shape index (κ2) is 8.71. The molecule has 1 aromatic heterocycles. The van der Waals surface area contributed by atoms with Gasteiger partial charge in [-0.15, -0.1) is 0 Å². The van der Waals surface area contributed by atoms with Gasteiger partial charge < -0.3 is 24.7 Å². The van der Waals surface area contributed by atoms with Gasteiger partial charge in [0.05, 0.1) is 20.3 Å². The average Bonchev–Trinajstić information content (AvgIpc) is 3.21. The Morgan fingerprint density at radius 2 is 1.82 bits per heavy atom. The van der Waals surface area contributed by atoms with Crippen molar-refractivity contribution in [3.63, 3.8) is 0 Å². The molecule has 7 heteroatoms. The number of amides is 2. The van der Waals surface area contributed by atoms with Crippen LogP contribution in [0.5, 0.6) is 11.5 Å². The van der Waals surface area contributed by atoms with Crippen molar-refractivity contribution in [2.24, 2.45) is 0 Å². The number of aromatic nitrogens is 1. The lowest BCUT2D eigenvalue weighted by Gasteiger charge is -2.36. The topological polar surface area (TPSA) is 66.6 Å². The Morgan fingerprint density at radius 1 is 1.03 bits per heavy atom. The minimum Gasteiger partial charge on any atom is -0.497 e. The van der Waals surface area contributed by atoms with Crippen molar-refractivity contribution in [3.8, 4) is 11.5 Å². The van der Waals surface area contributed by atoms with Gasteiger partial charge in [0.15, 0.2) is 0 Å². The Hall–Kier alpha value is -3.64. The molecule has 2 heterocycles. The lowest BCUT2D eigenvalue weighted by atomic mass is 9.92. The van der Waals surface area contributed by atoms with Gasteiger partial charge in [-0.1, -0.05) is 29.8 Å². The molecule has 0 saturated carbocycles. The highest BCUT2D eigenvalue weighted by Crippen LogP contribution is 2.39. The number of nitrogens with zero attached hydrogens (tertiary/aromatic N) is 1. The van der Waals surface area contributed by atoms with E-state index in [1.807, 2.05) is 65.6 Å². The second-order valence-corrected chi connectivity index (χ2v) is 8.42. The van der Waals surface area contributed by atoms with Crippen molar-refractivity contribution in [1.82, 2.24) is 9.88 Å². The molecular weight excluding hydrogens is 438 g/mol. The number of fused-ring (bicyclic) bond motifs is 3. The largest absolute Gasteiger partial charge is 0.497 e. The van der Waals surface area contributed by atoms with E-state index in [4.69, 9.17) is 21.1 Å². The molecule has 3 aromatic carbocycles. The summed E-state index contributed by atoms with van der Waals surface area (Å²) in [7, 11) is 3.25. The smallest absolute Gasteiger partial charge is 0.322 e. The number of rotatable bonds is 4. The number of ether oxygens (including phenoxy) is 2. The Morgan fingerprint density at radius 3 is 2.58 bits per heavy atom. The summed E-state index contributed by atoms with van der Waals surface area (Å²) in [6.45, 7) is 0.568. The van der Waals surface area contributed by atoms with E-state index in [1.54, 1.807) is 20.3 Å². The monoisotopic (exact) mass is 461 g/mol. The Kier molecular flexibility index (Phi) is 5.60. The summed E-state index contributed by atoms with van der Waals surface area (Å²) in [5.74, 6) is 1.46. The van der Waals surface area contributed by atoms with Crippen LogP contribution in [0.2, 0.25) is 5.02 Å². The number of carbonyl (C=O) groups is 1. The van der Waals surface area contributed by atoms with Gasteiger partial charge in [0, 0.05) is 39.9 Å². The van der Waals surface area contributed by atoms with Gasteiger partial charge in [-0.05, 0) is 60.0 Å². The summed E-state index contributed by atoms with van der Waals surface area (Å²) in [4.78, 5) is 18.9. The van der Waals surface area contributed by atoms with Crippen molar-refractivity contribution in [3.05, 3.63) is 88.6 Å². The summed E-state index contributed by atoms with van der Waals surface area (Å²) in [5.41, 5.74) is 4.89. The molecule has 0 aliphatic carbocycles. The summed E-state index contributed by atoms with van der Waals surface area (Å²) in [5, 5.41) is 4.83. The maximum atomic E-state index is 13.5. The summed E-state index contributed by atoms with van der Waals surface area (Å²) in [6, 6.07) is 20.6. The van der Waals surface area contributed by atoms with E-state index >= 15 is 0 Å². The number of H-pyrrole nitrogens is 1. The van der Waals surface area contributed by atoms with Crippen LogP contribution in [0.1, 0.15) is 22.9 Å². The molecule has 0 radical (unpaired) electrons. The third-order valence-corrected chi connectivity index (χ3v) is 6.34. The molecule has 1 aliphatic heterocycles. The SMILES string of the molecule is COc1ccc([C@@H]2c3[nH]c4ccc(Cl)cc4c3CCN2C(=O)Nc2cccc(OC)c2)cc1. The fraction of sp³-hybridized carbons (Fsp3) is 0.192. The number of urea groups is 1. The zero-order valence-electron chi connectivity index (χ0n) is 18.4. The number of aromatic amines is 1. The predicted octanol–water partition coefficient (Wildman–Crippen LogP) is 6.02. The molecule has 33 heavy (non-hydrogen) atoms. The van der Waals surface area contributed by atoms with E-state index in [-0.39, 0.29) is 12.1 Å². The second-order valence-electron chi connectivity index (χ2n) is 7.99. The van der Waals surface area contributed by atoms with Crippen molar-refractivity contribution in [2.75, 3.05) is 26.1 Å².